The molecule has 0 unspecified atom stereocenters. The van der Waals surface area contributed by atoms with E-state index in [1.165, 1.54) is 5.56 Å². The van der Waals surface area contributed by atoms with Crippen LogP contribution in [0.3, 0.4) is 0 Å². The topological polar surface area (TPSA) is 99.9 Å². The molecule has 0 spiro atoms. The van der Waals surface area contributed by atoms with Crippen LogP contribution in [0.1, 0.15) is 34.5 Å². The van der Waals surface area contributed by atoms with Crippen molar-refractivity contribution < 1.29 is 4.79 Å². The second-order valence-electron chi connectivity index (χ2n) is 8.20. The Balaban J connectivity index is 1.62. The van der Waals surface area contributed by atoms with E-state index in [1.807, 2.05) is 36.5 Å². The van der Waals surface area contributed by atoms with Crippen molar-refractivity contribution in [3.05, 3.63) is 71.5 Å². The summed E-state index contributed by atoms with van der Waals surface area (Å²) < 4.78 is 0. The summed E-state index contributed by atoms with van der Waals surface area (Å²) in [6.45, 7) is 1.65. The first-order valence-corrected chi connectivity index (χ1v) is 10.9. The van der Waals surface area contributed by atoms with Gasteiger partial charge in [0.05, 0.1) is 11.4 Å². The van der Waals surface area contributed by atoms with Gasteiger partial charge >= 0.3 is 0 Å². The third kappa shape index (κ3) is 3.66. The summed E-state index contributed by atoms with van der Waals surface area (Å²) in [6.07, 6.45) is 4.92. The second-order valence-corrected chi connectivity index (χ2v) is 8.20. The first-order chi connectivity index (χ1) is 15.6. The van der Waals surface area contributed by atoms with Crippen molar-refractivity contribution in [2.45, 2.75) is 25.8 Å². The van der Waals surface area contributed by atoms with E-state index in [0.717, 1.165) is 59.5 Å². The van der Waals surface area contributed by atoms with E-state index in [0.29, 0.717) is 17.9 Å². The van der Waals surface area contributed by atoms with Crippen molar-refractivity contribution in [3.8, 4) is 11.5 Å². The Bertz CT molecular complexity index is 1280. The molecular weight excluding hydrogens is 400 g/mol. The van der Waals surface area contributed by atoms with E-state index in [4.69, 9.17) is 15.7 Å². The number of anilines is 2. The summed E-state index contributed by atoms with van der Waals surface area (Å²) in [6, 6.07) is 15.8. The molecule has 0 fully saturated rings. The molecule has 0 radical (unpaired) electrons. The van der Waals surface area contributed by atoms with Crippen LogP contribution in [0.25, 0.3) is 22.3 Å². The monoisotopic (exact) mass is 426 g/mol. The first kappa shape index (κ1) is 20.1. The molecule has 7 heteroatoms. The molecule has 0 atom stereocenters. The molecular formula is C25H26N6O. The highest BCUT2D eigenvalue weighted by molar-refractivity contribution is 6.09. The van der Waals surface area contributed by atoms with E-state index in [1.54, 1.807) is 6.07 Å². The zero-order valence-electron chi connectivity index (χ0n) is 18.1. The Morgan fingerprint density at radius 2 is 1.94 bits per heavy atom. The summed E-state index contributed by atoms with van der Waals surface area (Å²) in [5.41, 5.74) is 10.1. The number of fused-ring (bicyclic) bond motifs is 2. The van der Waals surface area contributed by atoms with E-state index in [-0.39, 0.29) is 0 Å². The maximum atomic E-state index is 11.9. The Morgan fingerprint density at radius 3 is 2.75 bits per heavy atom. The lowest BCUT2D eigenvalue weighted by Crippen LogP contribution is -2.21. The summed E-state index contributed by atoms with van der Waals surface area (Å²) in [4.78, 5) is 27.3. The van der Waals surface area contributed by atoms with E-state index >= 15 is 0 Å². The molecule has 2 aromatic carbocycles. The van der Waals surface area contributed by atoms with Crippen molar-refractivity contribution in [2.24, 2.45) is 5.73 Å². The number of aromatic nitrogens is 3. The Labute approximate surface area is 186 Å². The van der Waals surface area contributed by atoms with Crippen LogP contribution in [0.5, 0.6) is 0 Å². The van der Waals surface area contributed by atoms with Gasteiger partial charge in [-0.25, -0.2) is 9.97 Å². The van der Waals surface area contributed by atoms with Crippen LogP contribution in [-0.2, 0) is 13.0 Å². The largest absolute Gasteiger partial charge is 0.370 e. The van der Waals surface area contributed by atoms with Gasteiger partial charge in [-0.1, -0.05) is 42.5 Å². The van der Waals surface area contributed by atoms with Gasteiger partial charge in [0.15, 0.2) is 11.6 Å². The molecule has 32 heavy (non-hydrogen) atoms. The fourth-order valence-corrected chi connectivity index (χ4v) is 4.41. The summed E-state index contributed by atoms with van der Waals surface area (Å²) in [7, 11) is 2.10. The first-order valence-electron chi connectivity index (χ1n) is 10.9. The molecule has 0 saturated carbocycles. The maximum Gasteiger partial charge on any atom is 0.249 e. The van der Waals surface area contributed by atoms with Crippen LogP contribution in [-0.4, -0.2) is 34.5 Å². The van der Waals surface area contributed by atoms with Crippen LogP contribution >= 0.6 is 0 Å². The van der Waals surface area contributed by atoms with Gasteiger partial charge in [-0.2, -0.15) is 0 Å². The van der Waals surface area contributed by atoms with Crippen LogP contribution in [0.15, 0.2) is 54.7 Å². The average molecular weight is 427 g/mol. The van der Waals surface area contributed by atoms with Crippen molar-refractivity contribution in [1.29, 1.82) is 0 Å². The number of nitrogens with two attached hydrogens (primary N) is 1. The molecule has 0 bridgehead atoms. The van der Waals surface area contributed by atoms with Gasteiger partial charge in [-0.05, 0) is 30.9 Å². The van der Waals surface area contributed by atoms with E-state index < -0.39 is 5.91 Å². The molecule has 5 rings (SSSR count). The zero-order chi connectivity index (χ0) is 22.1. The minimum Gasteiger partial charge on any atom is -0.370 e. The van der Waals surface area contributed by atoms with Gasteiger partial charge in [-0.15, -0.1) is 0 Å². The van der Waals surface area contributed by atoms with Gasteiger partial charge in [0, 0.05) is 42.7 Å². The Kier molecular flexibility index (Phi) is 5.23. The number of nitrogens with zero attached hydrogens (tertiary/aromatic N) is 3. The molecule has 3 heterocycles. The minimum atomic E-state index is -0.448. The molecule has 1 amide bonds. The third-order valence-corrected chi connectivity index (χ3v) is 6.02. The highest BCUT2D eigenvalue weighted by Crippen LogP contribution is 2.35. The number of nitrogens with one attached hydrogen (secondary N) is 2. The molecule has 4 N–H and O–H groups in total. The van der Waals surface area contributed by atoms with Gasteiger partial charge in [0.2, 0.25) is 5.91 Å². The highest BCUT2D eigenvalue weighted by atomic mass is 16.1. The maximum absolute atomic E-state index is 11.9. The van der Waals surface area contributed by atoms with Crippen LogP contribution < -0.4 is 16.0 Å². The van der Waals surface area contributed by atoms with Gasteiger partial charge < -0.3 is 20.9 Å². The number of hydrogen-bond acceptors (Lipinski definition) is 5. The normalized spacial score (nSPS) is 13.6. The molecule has 2 aromatic heterocycles. The number of H-pyrrole nitrogens is 1. The fraction of sp³-hybridized carbons (Fsp3) is 0.240. The number of benzene rings is 2. The number of aryl methyl sites for hydroxylation is 1. The predicted octanol–water partition coefficient (Wildman–Crippen LogP) is 4.11. The van der Waals surface area contributed by atoms with Crippen molar-refractivity contribution in [3.63, 3.8) is 0 Å². The summed E-state index contributed by atoms with van der Waals surface area (Å²) in [5, 5.41) is 5.21. The van der Waals surface area contributed by atoms with Crippen molar-refractivity contribution >= 4 is 28.2 Å². The lowest BCUT2D eigenvalue weighted by molar-refractivity contribution is 0.100. The predicted molar refractivity (Wildman–Crippen MR) is 128 cm³/mol. The number of carbonyl (C=O) groups is 1. The smallest absolute Gasteiger partial charge is 0.249 e. The molecule has 1 aliphatic rings. The molecule has 7 nitrogen and oxygen atoms in total. The molecule has 4 aromatic rings. The molecule has 162 valence electrons. The van der Waals surface area contributed by atoms with E-state index in [2.05, 4.69) is 34.4 Å². The lowest BCUT2D eigenvalue weighted by Gasteiger charge is -2.23. The van der Waals surface area contributed by atoms with Crippen LogP contribution in [0.4, 0.5) is 11.5 Å². The number of hydrogen-bond donors (Lipinski definition) is 3. The van der Waals surface area contributed by atoms with Crippen LogP contribution in [0.2, 0.25) is 0 Å². The zero-order valence-corrected chi connectivity index (χ0v) is 18.1. The Hall–Kier alpha value is -3.87. The van der Waals surface area contributed by atoms with Crippen molar-refractivity contribution in [2.75, 3.05) is 23.8 Å². The lowest BCUT2D eigenvalue weighted by atomic mass is 10.1. The number of carbonyl (C=O) groups excluding carboxylic acids is 1. The number of amides is 1. The van der Waals surface area contributed by atoms with E-state index in [9.17, 15) is 4.79 Å². The van der Waals surface area contributed by atoms with Gasteiger partial charge in [0.25, 0.3) is 0 Å². The average Bonchev–Trinajstić information content (AvgIpc) is 3.15. The van der Waals surface area contributed by atoms with Crippen molar-refractivity contribution in [1.82, 2.24) is 15.0 Å². The summed E-state index contributed by atoms with van der Waals surface area (Å²) in [5.74, 6) is 0.995. The van der Waals surface area contributed by atoms with Gasteiger partial charge in [0.1, 0.15) is 5.69 Å². The van der Waals surface area contributed by atoms with Crippen LogP contribution in [0, 0.1) is 0 Å². The third-order valence-electron chi connectivity index (χ3n) is 6.02. The minimum absolute atomic E-state index is 0.448. The number of primary amides is 1. The Morgan fingerprint density at radius 1 is 1.09 bits per heavy atom. The molecule has 1 aliphatic heterocycles. The quantitative estimate of drug-likeness (QED) is 0.446. The number of rotatable bonds is 5. The fourth-order valence-electron chi connectivity index (χ4n) is 4.41. The number of aromatic amines is 1. The standard InChI is InChI=1S/C25H26N6O/c1-31-13-6-5-12-20-22(31)25(28-14-16-8-3-2-4-9-16)30-24(29-20)21-17-10-7-11-18(23(26)32)19(17)15-27-21/h2-4,7-11,15,27H,5-6,12-14H2,1H3,(H2,26,32)(H,28,29,30). The summed E-state index contributed by atoms with van der Waals surface area (Å²) >= 11 is 0. The second kappa shape index (κ2) is 8.34. The van der Waals surface area contributed by atoms with Gasteiger partial charge in [-0.3, -0.25) is 4.79 Å². The highest BCUT2D eigenvalue weighted by Gasteiger charge is 2.22. The SMILES string of the molecule is CN1CCCCc2nc(-c3[nH]cc4c(C(N)=O)cccc34)nc(NCc3ccccc3)c21. The molecule has 0 aliphatic carbocycles. The molecule has 0 saturated heterocycles.